The average molecular weight is 224 g/mol. The number of hydrogen-bond donors (Lipinski definition) is 2. The van der Waals surface area contributed by atoms with Crippen LogP contribution < -0.4 is 15.8 Å². The van der Waals surface area contributed by atoms with Gasteiger partial charge in [0.2, 0.25) is 0 Å². The highest BCUT2D eigenvalue weighted by molar-refractivity contribution is 5.46. The van der Waals surface area contributed by atoms with Gasteiger partial charge in [-0.3, -0.25) is 0 Å². The molecule has 0 saturated carbocycles. The summed E-state index contributed by atoms with van der Waals surface area (Å²) < 4.78 is 10.4. The molecule has 0 aliphatic carbocycles. The predicted molar refractivity (Wildman–Crippen MR) is 66.0 cm³/mol. The van der Waals surface area contributed by atoms with Gasteiger partial charge in [0.05, 0.1) is 6.61 Å². The number of nitrogens with one attached hydrogen (secondary N) is 1. The maximum atomic E-state index is 5.53. The van der Waals surface area contributed by atoms with Crippen LogP contribution in [0, 0.1) is 0 Å². The molecule has 1 aromatic rings. The molecule has 0 radical (unpaired) electrons. The van der Waals surface area contributed by atoms with E-state index in [4.69, 9.17) is 15.2 Å². The van der Waals surface area contributed by atoms with Crippen molar-refractivity contribution in [2.45, 2.75) is 13.0 Å². The molecular weight excluding hydrogens is 204 g/mol. The van der Waals surface area contributed by atoms with Crippen molar-refractivity contribution in [2.24, 2.45) is 5.73 Å². The molecule has 0 bridgehead atoms. The van der Waals surface area contributed by atoms with Gasteiger partial charge in [-0.1, -0.05) is 0 Å². The van der Waals surface area contributed by atoms with Crippen molar-refractivity contribution in [1.82, 2.24) is 0 Å². The summed E-state index contributed by atoms with van der Waals surface area (Å²) in [5.74, 6) is 0.850. The molecule has 0 saturated heterocycles. The molecule has 0 aliphatic heterocycles. The fraction of sp³-hybridized carbons (Fsp3) is 0.500. The minimum Gasteiger partial charge on any atom is -0.491 e. The van der Waals surface area contributed by atoms with Gasteiger partial charge in [0.25, 0.3) is 0 Å². The van der Waals surface area contributed by atoms with Crippen LogP contribution in [-0.2, 0) is 4.74 Å². The second-order valence-electron chi connectivity index (χ2n) is 3.65. The van der Waals surface area contributed by atoms with Crippen molar-refractivity contribution < 1.29 is 9.47 Å². The molecule has 0 aliphatic rings. The minimum atomic E-state index is 0.278. The first-order valence-corrected chi connectivity index (χ1v) is 5.44. The second kappa shape index (κ2) is 7.09. The Morgan fingerprint density at radius 1 is 1.25 bits per heavy atom. The zero-order valence-corrected chi connectivity index (χ0v) is 9.90. The fourth-order valence-electron chi connectivity index (χ4n) is 1.23. The summed E-state index contributed by atoms with van der Waals surface area (Å²) in [7, 11) is 1.66. The van der Waals surface area contributed by atoms with E-state index >= 15 is 0 Å². The summed E-state index contributed by atoms with van der Waals surface area (Å²) in [5.41, 5.74) is 6.58. The highest BCUT2D eigenvalue weighted by atomic mass is 16.5. The van der Waals surface area contributed by atoms with Crippen LogP contribution in [0.4, 0.5) is 5.69 Å². The lowest BCUT2D eigenvalue weighted by Crippen LogP contribution is -2.25. The molecule has 0 aromatic heterocycles. The van der Waals surface area contributed by atoms with Gasteiger partial charge in [0.15, 0.2) is 0 Å². The molecular formula is C12H20N2O2. The van der Waals surface area contributed by atoms with Crippen molar-refractivity contribution >= 4 is 5.69 Å². The highest BCUT2D eigenvalue weighted by Gasteiger charge is 1.99. The lowest BCUT2D eigenvalue weighted by atomic mass is 10.2. The van der Waals surface area contributed by atoms with E-state index in [9.17, 15) is 0 Å². The second-order valence-corrected chi connectivity index (χ2v) is 3.65. The third kappa shape index (κ3) is 4.51. The Bertz CT molecular complexity index is 288. The summed E-state index contributed by atoms with van der Waals surface area (Å²) in [6, 6.07) is 8.10. The van der Waals surface area contributed by atoms with Gasteiger partial charge in [0, 0.05) is 25.4 Å². The van der Waals surface area contributed by atoms with Crippen LogP contribution >= 0.6 is 0 Å². The maximum absolute atomic E-state index is 5.53. The monoisotopic (exact) mass is 224 g/mol. The first-order chi connectivity index (χ1) is 7.76. The average Bonchev–Trinajstić information content (AvgIpc) is 2.31. The van der Waals surface area contributed by atoms with Crippen LogP contribution in [-0.4, -0.2) is 32.9 Å². The van der Waals surface area contributed by atoms with Gasteiger partial charge < -0.3 is 20.5 Å². The Morgan fingerprint density at radius 3 is 2.50 bits per heavy atom. The summed E-state index contributed by atoms with van der Waals surface area (Å²) in [6.07, 6.45) is 0. The van der Waals surface area contributed by atoms with Crippen LogP contribution in [0.25, 0.3) is 0 Å². The third-order valence-corrected chi connectivity index (χ3v) is 2.18. The predicted octanol–water partition coefficient (Wildman–Crippen LogP) is 1.47. The minimum absolute atomic E-state index is 0.278. The Balaban J connectivity index is 2.41. The van der Waals surface area contributed by atoms with Crippen LogP contribution in [0.3, 0.4) is 0 Å². The molecule has 0 heterocycles. The van der Waals surface area contributed by atoms with Gasteiger partial charge >= 0.3 is 0 Å². The van der Waals surface area contributed by atoms with Gasteiger partial charge in [-0.15, -0.1) is 0 Å². The van der Waals surface area contributed by atoms with E-state index in [1.807, 2.05) is 31.2 Å². The largest absolute Gasteiger partial charge is 0.491 e. The number of hydrogen-bond acceptors (Lipinski definition) is 4. The molecule has 1 atom stereocenters. The lowest BCUT2D eigenvalue weighted by molar-refractivity contribution is 0.146. The van der Waals surface area contributed by atoms with Crippen molar-refractivity contribution in [1.29, 1.82) is 0 Å². The van der Waals surface area contributed by atoms with Crippen molar-refractivity contribution in [3.8, 4) is 5.75 Å². The number of benzene rings is 1. The molecule has 90 valence electrons. The number of rotatable bonds is 7. The SMILES string of the molecule is COCCOc1ccc(NC(C)CN)cc1. The van der Waals surface area contributed by atoms with Crippen molar-refractivity contribution in [3.63, 3.8) is 0 Å². The normalized spacial score (nSPS) is 12.2. The molecule has 1 aromatic carbocycles. The number of ether oxygens (including phenoxy) is 2. The number of anilines is 1. The van der Waals surface area contributed by atoms with Crippen molar-refractivity contribution in [3.05, 3.63) is 24.3 Å². The van der Waals surface area contributed by atoms with Gasteiger partial charge in [-0.05, 0) is 31.2 Å². The molecule has 3 N–H and O–H groups in total. The Hall–Kier alpha value is -1.26. The molecule has 0 amide bonds. The first kappa shape index (κ1) is 12.8. The standard InChI is InChI=1S/C12H20N2O2/c1-10(9-13)14-11-3-5-12(6-4-11)16-8-7-15-2/h3-6,10,14H,7-9,13H2,1-2H3. The quantitative estimate of drug-likeness (QED) is 0.689. The van der Waals surface area contributed by atoms with Crippen LogP contribution in [0.15, 0.2) is 24.3 Å². The molecule has 0 spiro atoms. The Labute approximate surface area is 96.7 Å². The topological polar surface area (TPSA) is 56.5 Å². The van der Waals surface area contributed by atoms with Gasteiger partial charge in [0.1, 0.15) is 12.4 Å². The Kier molecular flexibility index (Phi) is 5.67. The summed E-state index contributed by atoms with van der Waals surface area (Å²) in [6.45, 7) is 3.84. The molecule has 1 unspecified atom stereocenters. The molecule has 16 heavy (non-hydrogen) atoms. The third-order valence-electron chi connectivity index (χ3n) is 2.18. The zero-order chi connectivity index (χ0) is 11.8. The van der Waals surface area contributed by atoms with E-state index in [0.717, 1.165) is 11.4 Å². The van der Waals surface area contributed by atoms with Crippen LogP contribution in [0.5, 0.6) is 5.75 Å². The molecule has 4 nitrogen and oxygen atoms in total. The number of methoxy groups -OCH3 is 1. The van der Waals surface area contributed by atoms with E-state index < -0.39 is 0 Å². The molecule has 4 heteroatoms. The highest BCUT2D eigenvalue weighted by Crippen LogP contribution is 2.16. The lowest BCUT2D eigenvalue weighted by Gasteiger charge is -2.13. The van der Waals surface area contributed by atoms with E-state index in [-0.39, 0.29) is 6.04 Å². The van der Waals surface area contributed by atoms with Crippen LogP contribution in [0.2, 0.25) is 0 Å². The van der Waals surface area contributed by atoms with E-state index in [1.165, 1.54) is 0 Å². The Morgan fingerprint density at radius 2 is 1.94 bits per heavy atom. The van der Waals surface area contributed by atoms with E-state index in [0.29, 0.717) is 19.8 Å². The molecule has 1 rings (SSSR count). The zero-order valence-electron chi connectivity index (χ0n) is 9.90. The fourth-order valence-corrected chi connectivity index (χ4v) is 1.23. The van der Waals surface area contributed by atoms with Crippen LogP contribution in [0.1, 0.15) is 6.92 Å². The van der Waals surface area contributed by atoms with Crippen molar-refractivity contribution in [2.75, 3.05) is 32.2 Å². The van der Waals surface area contributed by atoms with Gasteiger partial charge in [-0.25, -0.2) is 0 Å². The van der Waals surface area contributed by atoms with Gasteiger partial charge in [-0.2, -0.15) is 0 Å². The summed E-state index contributed by atoms with van der Waals surface area (Å²) in [4.78, 5) is 0. The number of nitrogens with two attached hydrogens (primary N) is 1. The summed E-state index contributed by atoms with van der Waals surface area (Å²) >= 11 is 0. The van der Waals surface area contributed by atoms with E-state index in [1.54, 1.807) is 7.11 Å². The van der Waals surface area contributed by atoms with E-state index in [2.05, 4.69) is 5.32 Å². The maximum Gasteiger partial charge on any atom is 0.119 e. The first-order valence-electron chi connectivity index (χ1n) is 5.44. The summed E-state index contributed by atoms with van der Waals surface area (Å²) in [5, 5.41) is 3.28. The molecule has 0 fully saturated rings. The smallest absolute Gasteiger partial charge is 0.119 e.